The van der Waals surface area contributed by atoms with E-state index in [4.69, 9.17) is 15.2 Å². The summed E-state index contributed by atoms with van der Waals surface area (Å²) in [6, 6.07) is 0.578. The van der Waals surface area contributed by atoms with Crippen molar-refractivity contribution in [2.45, 2.75) is 84.7 Å². The van der Waals surface area contributed by atoms with Crippen molar-refractivity contribution in [1.82, 2.24) is 20.0 Å². The van der Waals surface area contributed by atoms with Gasteiger partial charge in [-0.2, -0.15) is 0 Å². The number of likely N-dealkylation sites (tertiary alicyclic amines) is 2. The molecule has 0 saturated carbocycles. The lowest BCUT2D eigenvalue weighted by atomic mass is 9.85. The molecule has 1 aromatic rings. The summed E-state index contributed by atoms with van der Waals surface area (Å²) in [6.07, 6.45) is -0.164. The second kappa shape index (κ2) is 13.0. The maximum atomic E-state index is 14.2. The van der Waals surface area contributed by atoms with Crippen molar-refractivity contribution in [3.8, 4) is 5.75 Å². The summed E-state index contributed by atoms with van der Waals surface area (Å²) in [5, 5.41) is 2.85. The minimum Gasteiger partial charge on any atom is -0.493 e. The molecule has 2 saturated heterocycles. The van der Waals surface area contributed by atoms with Gasteiger partial charge in [-0.3, -0.25) is 19.3 Å². The minimum atomic E-state index is -1.05. The van der Waals surface area contributed by atoms with E-state index in [-0.39, 0.29) is 49.2 Å². The number of carbonyl (C=O) groups is 4. The summed E-state index contributed by atoms with van der Waals surface area (Å²) in [7, 11) is 1.45. The molecule has 0 aliphatic carbocycles. The van der Waals surface area contributed by atoms with Gasteiger partial charge in [0.05, 0.1) is 25.2 Å². The molecule has 0 spiro atoms. The van der Waals surface area contributed by atoms with Crippen molar-refractivity contribution >= 4 is 23.8 Å². The van der Waals surface area contributed by atoms with Gasteiger partial charge in [0.25, 0.3) is 0 Å². The van der Waals surface area contributed by atoms with Crippen LogP contribution in [0.4, 0.5) is 13.6 Å². The van der Waals surface area contributed by atoms with Crippen molar-refractivity contribution in [1.29, 1.82) is 0 Å². The highest BCUT2D eigenvalue weighted by atomic mass is 19.2. The third-order valence-electron chi connectivity index (χ3n) is 7.91. The Labute approximate surface area is 252 Å². The van der Waals surface area contributed by atoms with Gasteiger partial charge in [-0.05, 0) is 51.7 Å². The van der Waals surface area contributed by atoms with Crippen LogP contribution in [0.1, 0.15) is 54.9 Å². The number of amides is 4. The van der Waals surface area contributed by atoms with E-state index < -0.39 is 52.8 Å². The van der Waals surface area contributed by atoms with Gasteiger partial charge >= 0.3 is 6.09 Å². The standard InChI is InChI=1S/C30H45F2N5O6/c1-17(35(8)28(41)43-30(5,6)7)26(39)34-25(29(2,3)4)27(40)36-12-11-22-24(36)18(15-37(22)23(38)14-33)16-42-19-9-10-20(31)21(32)13-19/h9-10,13,17-18,22,24-25H,11-12,14-16,33H2,1-8H3,(H,34,39)/t17-,18+,22+,24+,25?/m0/s1. The summed E-state index contributed by atoms with van der Waals surface area (Å²) in [5.74, 6) is -3.40. The van der Waals surface area contributed by atoms with E-state index in [0.29, 0.717) is 13.0 Å². The maximum absolute atomic E-state index is 14.2. The minimum absolute atomic E-state index is 0.0363. The van der Waals surface area contributed by atoms with Gasteiger partial charge in [0.15, 0.2) is 11.6 Å². The first kappa shape index (κ1) is 34.0. The van der Waals surface area contributed by atoms with E-state index in [2.05, 4.69) is 5.32 Å². The number of likely N-dealkylation sites (N-methyl/N-ethyl adjacent to an activating group) is 1. The summed E-state index contributed by atoms with van der Waals surface area (Å²) < 4.78 is 38.4. The third-order valence-corrected chi connectivity index (χ3v) is 7.91. The molecular formula is C30H45F2N5O6. The Morgan fingerprint density at radius 2 is 1.74 bits per heavy atom. The Balaban J connectivity index is 1.82. The Morgan fingerprint density at radius 1 is 1.09 bits per heavy atom. The first-order chi connectivity index (χ1) is 19.9. The van der Waals surface area contributed by atoms with E-state index in [0.717, 1.165) is 12.1 Å². The van der Waals surface area contributed by atoms with Crippen LogP contribution in [-0.2, 0) is 19.1 Å². The predicted octanol–water partition coefficient (Wildman–Crippen LogP) is 2.52. The molecule has 4 amide bonds. The highest BCUT2D eigenvalue weighted by Crippen LogP contribution is 2.37. The van der Waals surface area contributed by atoms with Gasteiger partial charge in [-0.25, -0.2) is 13.6 Å². The number of hydrogen-bond donors (Lipinski definition) is 2. The van der Waals surface area contributed by atoms with Crippen LogP contribution in [0.15, 0.2) is 18.2 Å². The fraction of sp³-hybridized carbons (Fsp3) is 0.667. The summed E-state index contributed by atoms with van der Waals surface area (Å²) >= 11 is 0. The Hall–Kier alpha value is -3.48. The van der Waals surface area contributed by atoms with Gasteiger partial charge in [-0.15, -0.1) is 0 Å². The molecule has 0 aromatic heterocycles. The van der Waals surface area contributed by atoms with E-state index >= 15 is 0 Å². The quantitative estimate of drug-likeness (QED) is 0.463. The zero-order valence-corrected chi connectivity index (χ0v) is 26.3. The molecule has 43 heavy (non-hydrogen) atoms. The van der Waals surface area contributed by atoms with E-state index in [1.54, 1.807) is 37.5 Å². The second-order valence-corrected chi connectivity index (χ2v) is 13.4. The lowest BCUT2D eigenvalue weighted by molar-refractivity contribution is -0.142. The van der Waals surface area contributed by atoms with Crippen LogP contribution in [0.25, 0.3) is 0 Å². The van der Waals surface area contributed by atoms with Crippen LogP contribution in [0.3, 0.4) is 0 Å². The number of benzene rings is 1. The topological polar surface area (TPSA) is 135 Å². The fourth-order valence-corrected chi connectivity index (χ4v) is 5.53. The monoisotopic (exact) mass is 609 g/mol. The Kier molecular flexibility index (Phi) is 10.3. The molecule has 1 aromatic carbocycles. The number of fused-ring (bicyclic) bond motifs is 1. The molecule has 2 aliphatic heterocycles. The molecule has 3 N–H and O–H groups in total. The SMILES string of the molecule is C[C@@H](C(=O)NC(C(=O)N1CC[C@@H]2[C@H]1[C@@H](COc1ccc(F)c(F)c1)CN2C(=O)CN)C(C)(C)C)N(C)C(=O)OC(C)(C)C. The highest BCUT2D eigenvalue weighted by molar-refractivity contribution is 5.92. The normalized spacial score (nSPS) is 21.6. The molecule has 0 bridgehead atoms. The van der Waals surface area contributed by atoms with Gasteiger partial charge < -0.3 is 30.3 Å². The molecule has 5 atom stereocenters. The molecule has 2 fully saturated rings. The van der Waals surface area contributed by atoms with Crippen LogP contribution >= 0.6 is 0 Å². The molecule has 13 heteroatoms. The van der Waals surface area contributed by atoms with Crippen molar-refractivity contribution in [2.75, 3.05) is 33.3 Å². The number of halogens is 2. The molecule has 3 rings (SSSR count). The Morgan fingerprint density at radius 3 is 2.30 bits per heavy atom. The van der Waals surface area contributed by atoms with E-state index in [9.17, 15) is 28.0 Å². The van der Waals surface area contributed by atoms with Crippen molar-refractivity contribution in [2.24, 2.45) is 17.1 Å². The number of nitrogens with zero attached hydrogens (tertiary/aromatic N) is 3. The molecule has 2 aliphatic rings. The third kappa shape index (κ3) is 7.92. The van der Waals surface area contributed by atoms with Gasteiger partial charge in [-0.1, -0.05) is 20.8 Å². The fourth-order valence-electron chi connectivity index (χ4n) is 5.53. The number of nitrogens with two attached hydrogens (primary N) is 1. The number of carbonyl (C=O) groups excluding carboxylic acids is 4. The van der Waals surface area contributed by atoms with Gasteiger partial charge in [0, 0.05) is 32.1 Å². The smallest absolute Gasteiger partial charge is 0.410 e. The molecular weight excluding hydrogens is 564 g/mol. The first-order valence-corrected chi connectivity index (χ1v) is 14.5. The Bertz CT molecular complexity index is 1220. The van der Waals surface area contributed by atoms with E-state index in [1.807, 2.05) is 20.8 Å². The summed E-state index contributed by atoms with van der Waals surface area (Å²) in [4.78, 5) is 57.3. The molecule has 1 unspecified atom stereocenters. The number of nitrogens with one attached hydrogen (secondary N) is 1. The molecule has 2 heterocycles. The van der Waals surface area contributed by atoms with Crippen LogP contribution in [0, 0.1) is 23.0 Å². The number of ether oxygens (including phenoxy) is 2. The molecule has 11 nitrogen and oxygen atoms in total. The second-order valence-electron chi connectivity index (χ2n) is 13.4. The van der Waals surface area contributed by atoms with Gasteiger partial charge in [0.1, 0.15) is 23.4 Å². The van der Waals surface area contributed by atoms with Crippen LogP contribution in [0.5, 0.6) is 5.75 Å². The van der Waals surface area contributed by atoms with E-state index in [1.165, 1.54) is 18.0 Å². The van der Waals surface area contributed by atoms with Crippen LogP contribution in [0.2, 0.25) is 0 Å². The number of hydrogen-bond acceptors (Lipinski definition) is 7. The highest BCUT2D eigenvalue weighted by Gasteiger charge is 2.53. The average molecular weight is 610 g/mol. The summed E-state index contributed by atoms with van der Waals surface area (Å²) in [5.41, 5.74) is 4.22. The van der Waals surface area contributed by atoms with Gasteiger partial charge in [0.2, 0.25) is 17.7 Å². The molecule has 0 radical (unpaired) electrons. The number of rotatable bonds is 8. The largest absolute Gasteiger partial charge is 0.493 e. The van der Waals surface area contributed by atoms with Crippen molar-refractivity contribution < 1.29 is 37.4 Å². The van der Waals surface area contributed by atoms with Crippen LogP contribution < -0.4 is 15.8 Å². The van der Waals surface area contributed by atoms with Crippen molar-refractivity contribution in [3.05, 3.63) is 29.8 Å². The lowest BCUT2D eigenvalue weighted by Gasteiger charge is -2.38. The predicted molar refractivity (Wildman–Crippen MR) is 155 cm³/mol. The maximum Gasteiger partial charge on any atom is 0.410 e. The zero-order chi connectivity index (χ0) is 32.4. The zero-order valence-electron chi connectivity index (χ0n) is 26.3. The average Bonchev–Trinajstić information content (AvgIpc) is 3.50. The first-order valence-electron chi connectivity index (χ1n) is 14.5. The molecule has 240 valence electrons. The van der Waals surface area contributed by atoms with Crippen LogP contribution in [-0.4, -0.2) is 102 Å². The van der Waals surface area contributed by atoms with Crippen molar-refractivity contribution in [3.63, 3.8) is 0 Å². The lowest BCUT2D eigenvalue weighted by Crippen LogP contribution is -2.60. The summed E-state index contributed by atoms with van der Waals surface area (Å²) in [6.45, 7) is 12.6.